The van der Waals surface area contributed by atoms with Crippen molar-refractivity contribution in [3.63, 3.8) is 0 Å². The van der Waals surface area contributed by atoms with Crippen molar-refractivity contribution in [2.24, 2.45) is 0 Å². The molecule has 222 valence electrons. The fraction of sp³-hybridized carbons (Fsp3) is 0.531. The minimum atomic E-state index is -0.545. The van der Waals surface area contributed by atoms with E-state index in [4.69, 9.17) is 0 Å². The van der Waals surface area contributed by atoms with Gasteiger partial charge in [0.2, 0.25) is 5.91 Å². The summed E-state index contributed by atoms with van der Waals surface area (Å²) in [4.78, 5) is 41.6. The molecular formula is C32H42F2N4O3. The predicted molar refractivity (Wildman–Crippen MR) is 155 cm³/mol. The Morgan fingerprint density at radius 2 is 1.49 bits per heavy atom. The fourth-order valence-electron chi connectivity index (χ4n) is 5.85. The lowest BCUT2D eigenvalue weighted by atomic mass is 9.85. The van der Waals surface area contributed by atoms with Crippen molar-refractivity contribution in [1.29, 1.82) is 0 Å². The van der Waals surface area contributed by atoms with E-state index in [9.17, 15) is 23.2 Å². The van der Waals surface area contributed by atoms with Gasteiger partial charge < -0.3 is 20.4 Å². The van der Waals surface area contributed by atoms with Crippen LogP contribution in [-0.4, -0.2) is 73.3 Å². The highest BCUT2D eigenvalue weighted by Gasteiger charge is 2.25. The monoisotopic (exact) mass is 568 g/mol. The van der Waals surface area contributed by atoms with E-state index in [2.05, 4.69) is 15.5 Å². The Kier molecular flexibility index (Phi) is 10.9. The van der Waals surface area contributed by atoms with Crippen LogP contribution in [0.15, 0.2) is 30.3 Å². The maximum Gasteiger partial charge on any atom is 0.254 e. The minimum Gasteiger partial charge on any atom is -0.352 e. The third kappa shape index (κ3) is 8.35. The van der Waals surface area contributed by atoms with E-state index in [1.807, 2.05) is 11.8 Å². The van der Waals surface area contributed by atoms with Gasteiger partial charge in [-0.05, 0) is 119 Å². The van der Waals surface area contributed by atoms with E-state index < -0.39 is 23.4 Å². The predicted octanol–water partition coefficient (Wildman–Crippen LogP) is 4.71. The number of benzene rings is 2. The number of carbonyl (C=O) groups is 3. The minimum absolute atomic E-state index is 0.0270. The van der Waals surface area contributed by atoms with Crippen LogP contribution in [0.1, 0.15) is 88.3 Å². The smallest absolute Gasteiger partial charge is 0.254 e. The summed E-state index contributed by atoms with van der Waals surface area (Å²) in [5.41, 5.74) is 2.69. The van der Waals surface area contributed by atoms with E-state index in [1.165, 1.54) is 18.2 Å². The second kappa shape index (κ2) is 14.5. The average Bonchev–Trinajstić information content (AvgIpc) is 2.96. The summed E-state index contributed by atoms with van der Waals surface area (Å²) in [6, 6.07) is 7.72. The van der Waals surface area contributed by atoms with Crippen molar-refractivity contribution in [3.8, 4) is 0 Å². The lowest BCUT2D eigenvalue weighted by Crippen LogP contribution is -2.38. The average molecular weight is 569 g/mol. The molecule has 2 saturated heterocycles. The van der Waals surface area contributed by atoms with Crippen LogP contribution >= 0.6 is 0 Å². The van der Waals surface area contributed by atoms with Crippen LogP contribution in [0.4, 0.5) is 8.78 Å². The van der Waals surface area contributed by atoms with E-state index in [0.29, 0.717) is 6.54 Å². The molecule has 41 heavy (non-hydrogen) atoms. The van der Waals surface area contributed by atoms with Gasteiger partial charge in [-0.15, -0.1) is 0 Å². The first-order chi connectivity index (χ1) is 19.7. The number of hydrogen-bond donors (Lipinski definition) is 2. The number of hydrogen-bond acceptors (Lipinski definition) is 4. The molecule has 2 N–H and O–H groups in total. The Labute approximate surface area is 241 Å². The van der Waals surface area contributed by atoms with Gasteiger partial charge in [0.05, 0.1) is 11.1 Å². The van der Waals surface area contributed by atoms with Crippen LogP contribution in [0.3, 0.4) is 0 Å². The van der Waals surface area contributed by atoms with Crippen molar-refractivity contribution < 1.29 is 23.2 Å². The molecule has 2 heterocycles. The molecule has 0 aromatic heterocycles. The van der Waals surface area contributed by atoms with Gasteiger partial charge in [0.15, 0.2) is 0 Å². The van der Waals surface area contributed by atoms with Crippen LogP contribution in [0.5, 0.6) is 0 Å². The van der Waals surface area contributed by atoms with Gasteiger partial charge >= 0.3 is 0 Å². The first-order valence-electron chi connectivity index (χ1n) is 14.9. The summed E-state index contributed by atoms with van der Waals surface area (Å²) in [5.74, 6) is -1.69. The van der Waals surface area contributed by atoms with Crippen molar-refractivity contribution in [2.75, 3.05) is 45.8 Å². The largest absolute Gasteiger partial charge is 0.352 e. The highest BCUT2D eigenvalue weighted by molar-refractivity contribution is 5.95. The summed E-state index contributed by atoms with van der Waals surface area (Å²) in [7, 11) is 0. The maximum atomic E-state index is 14.8. The molecule has 2 aliphatic heterocycles. The zero-order valence-corrected chi connectivity index (χ0v) is 24.2. The summed E-state index contributed by atoms with van der Waals surface area (Å²) in [6.45, 7) is 8.40. The first kappa shape index (κ1) is 30.6. The molecule has 3 amide bonds. The molecule has 2 aromatic carbocycles. The van der Waals surface area contributed by atoms with Crippen LogP contribution in [0.2, 0.25) is 0 Å². The molecular weight excluding hydrogens is 526 g/mol. The van der Waals surface area contributed by atoms with Gasteiger partial charge in [-0.1, -0.05) is 6.07 Å². The van der Waals surface area contributed by atoms with Gasteiger partial charge in [-0.25, -0.2) is 8.78 Å². The third-order valence-corrected chi connectivity index (χ3v) is 8.27. The topological polar surface area (TPSA) is 81.8 Å². The van der Waals surface area contributed by atoms with Gasteiger partial charge in [0, 0.05) is 32.6 Å². The van der Waals surface area contributed by atoms with Gasteiger partial charge in [-0.2, -0.15) is 0 Å². The van der Waals surface area contributed by atoms with E-state index in [-0.39, 0.29) is 35.9 Å². The highest BCUT2D eigenvalue weighted by atomic mass is 19.1. The van der Waals surface area contributed by atoms with E-state index in [1.54, 1.807) is 19.1 Å². The third-order valence-electron chi connectivity index (χ3n) is 8.27. The molecule has 0 aliphatic carbocycles. The molecule has 9 heteroatoms. The molecule has 0 atom stereocenters. The lowest BCUT2D eigenvalue weighted by molar-refractivity contribution is -0.131. The summed E-state index contributed by atoms with van der Waals surface area (Å²) in [6.07, 6.45) is 5.93. The van der Waals surface area contributed by atoms with Gasteiger partial charge in [-0.3, -0.25) is 14.4 Å². The standard InChI is InChI=1S/C32H42F2N4O3/c1-22-7-8-25(28(33)19-22)31(40)35-12-6-14-37-17-10-24(11-18-37)26-21-27(29(34)20-23(26)2)32(41)36-13-9-30(39)38-15-4-3-5-16-38/h7-8,19-21,24H,3-6,9-18H2,1-2H3,(H,35,40)(H,36,41). The Morgan fingerprint density at radius 1 is 0.829 bits per heavy atom. The molecule has 2 aliphatic rings. The van der Waals surface area contributed by atoms with Crippen molar-refractivity contribution in [2.45, 2.75) is 64.7 Å². The highest BCUT2D eigenvalue weighted by Crippen LogP contribution is 2.32. The number of amides is 3. The number of piperidine rings is 2. The fourth-order valence-corrected chi connectivity index (χ4v) is 5.85. The number of carbonyl (C=O) groups excluding carboxylic acids is 3. The van der Waals surface area contributed by atoms with Crippen LogP contribution < -0.4 is 10.6 Å². The molecule has 0 radical (unpaired) electrons. The Hall–Kier alpha value is -3.33. The van der Waals surface area contributed by atoms with E-state index in [0.717, 1.165) is 87.9 Å². The second-order valence-electron chi connectivity index (χ2n) is 11.3. The number of nitrogens with zero attached hydrogens (tertiary/aromatic N) is 2. The maximum absolute atomic E-state index is 14.8. The Balaban J connectivity index is 1.22. The van der Waals surface area contributed by atoms with Crippen LogP contribution in [0, 0.1) is 25.5 Å². The first-order valence-corrected chi connectivity index (χ1v) is 14.9. The number of nitrogens with one attached hydrogen (secondary N) is 2. The molecule has 0 bridgehead atoms. The summed E-state index contributed by atoms with van der Waals surface area (Å²) < 4.78 is 28.8. The number of aryl methyl sites for hydroxylation is 2. The van der Waals surface area contributed by atoms with Crippen LogP contribution in [-0.2, 0) is 4.79 Å². The van der Waals surface area contributed by atoms with Crippen molar-refractivity contribution in [3.05, 3.63) is 69.8 Å². The molecule has 4 rings (SSSR count). The molecule has 0 unspecified atom stereocenters. The lowest BCUT2D eigenvalue weighted by Gasteiger charge is -2.33. The summed E-state index contributed by atoms with van der Waals surface area (Å²) >= 11 is 0. The molecule has 7 nitrogen and oxygen atoms in total. The molecule has 0 spiro atoms. The second-order valence-corrected chi connectivity index (χ2v) is 11.3. The zero-order valence-electron chi connectivity index (χ0n) is 24.2. The quantitative estimate of drug-likeness (QED) is 0.407. The molecule has 2 aromatic rings. The molecule has 2 fully saturated rings. The normalized spacial score (nSPS) is 16.4. The number of halogens is 2. The van der Waals surface area contributed by atoms with E-state index >= 15 is 0 Å². The molecule has 0 saturated carbocycles. The summed E-state index contributed by atoms with van der Waals surface area (Å²) in [5, 5.41) is 5.53. The number of likely N-dealkylation sites (tertiary alicyclic amines) is 2. The van der Waals surface area contributed by atoms with Crippen molar-refractivity contribution >= 4 is 17.7 Å². The van der Waals surface area contributed by atoms with Gasteiger partial charge in [0.1, 0.15) is 11.6 Å². The number of rotatable bonds is 10. The Bertz CT molecular complexity index is 1240. The Morgan fingerprint density at radius 3 is 2.20 bits per heavy atom. The SMILES string of the molecule is Cc1ccc(C(=O)NCCCN2CCC(c3cc(C(=O)NCCC(=O)N4CCCCC4)c(F)cc3C)CC2)c(F)c1. The van der Waals surface area contributed by atoms with Gasteiger partial charge in [0.25, 0.3) is 11.8 Å². The van der Waals surface area contributed by atoms with Crippen molar-refractivity contribution in [1.82, 2.24) is 20.4 Å². The zero-order chi connectivity index (χ0) is 29.4. The van der Waals surface area contributed by atoms with Crippen LogP contribution in [0.25, 0.3) is 0 Å².